The van der Waals surface area contributed by atoms with Crippen molar-refractivity contribution in [2.45, 2.75) is 298 Å². The maximum absolute atomic E-state index is 12.7. The van der Waals surface area contributed by atoms with Crippen LogP contribution in [0.5, 0.6) is 0 Å². The van der Waals surface area contributed by atoms with Crippen LogP contribution < -0.4 is 0 Å². The van der Waals surface area contributed by atoms with Crippen molar-refractivity contribution >= 4 is 17.9 Å². The normalized spacial score (nSPS) is 12.5. The zero-order valence-electron chi connectivity index (χ0n) is 40.4. The third-order valence-electron chi connectivity index (χ3n) is 12.3. The van der Waals surface area contributed by atoms with Gasteiger partial charge in [0.1, 0.15) is 13.2 Å². The van der Waals surface area contributed by atoms with Gasteiger partial charge in [-0.2, -0.15) is 0 Å². The Bertz CT molecular complexity index is 902. The van der Waals surface area contributed by atoms with Gasteiger partial charge < -0.3 is 14.2 Å². The summed E-state index contributed by atoms with van der Waals surface area (Å²) in [7, 11) is 0. The summed E-state index contributed by atoms with van der Waals surface area (Å²) in [6, 6.07) is 0. The van der Waals surface area contributed by atoms with E-state index in [4.69, 9.17) is 14.2 Å². The van der Waals surface area contributed by atoms with Crippen molar-refractivity contribution in [2.24, 2.45) is 11.8 Å². The summed E-state index contributed by atoms with van der Waals surface area (Å²) in [4.78, 5) is 37.9. The van der Waals surface area contributed by atoms with E-state index in [0.29, 0.717) is 19.3 Å². The van der Waals surface area contributed by atoms with E-state index in [-0.39, 0.29) is 31.1 Å². The smallest absolute Gasteiger partial charge is 0.306 e. The summed E-state index contributed by atoms with van der Waals surface area (Å²) < 4.78 is 16.8. The average Bonchev–Trinajstić information content (AvgIpc) is 3.22. The highest BCUT2D eigenvalue weighted by Gasteiger charge is 2.19. The zero-order chi connectivity index (χ0) is 43.3. The highest BCUT2D eigenvalue weighted by atomic mass is 16.6. The number of carbonyl (C=O) groups is 3. The van der Waals surface area contributed by atoms with Crippen LogP contribution in [0, 0.1) is 11.8 Å². The number of unbranched alkanes of at least 4 members (excludes halogenated alkanes) is 31. The molecular formula is C53H102O6. The molecule has 0 bridgehead atoms. The maximum atomic E-state index is 12.7. The predicted molar refractivity (Wildman–Crippen MR) is 252 cm³/mol. The topological polar surface area (TPSA) is 78.9 Å². The Morgan fingerprint density at radius 1 is 0.356 bits per heavy atom. The zero-order valence-corrected chi connectivity index (χ0v) is 40.4. The molecule has 59 heavy (non-hydrogen) atoms. The molecule has 0 saturated carbocycles. The highest BCUT2D eigenvalue weighted by molar-refractivity contribution is 5.71. The van der Waals surface area contributed by atoms with Crippen molar-refractivity contribution in [3.8, 4) is 0 Å². The Morgan fingerprint density at radius 3 is 0.966 bits per heavy atom. The van der Waals surface area contributed by atoms with Gasteiger partial charge in [0.05, 0.1) is 0 Å². The van der Waals surface area contributed by atoms with Crippen LogP contribution in [0.15, 0.2) is 0 Å². The van der Waals surface area contributed by atoms with Gasteiger partial charge in [0.2, 0.25) is 0 Å². The summed E-state index contributed by atoms with van der Waals surface area (Å²) in [5.74, 6) is 0.776. The first-order chi connectivity index (χ1) is 28.8. The van der Waals surface area contributed by atoms with E-state index in [0.717, 1.165) is 69.6 Å². The van der Waals surface area contributed by atoms with Crippen molar-refractivity contribution in [1.82, 2.24) is 0 Å². The van der Waals surface area contributed by atoms with E-state index >= 15 is 0 Å². The van der Waals surface area contributed by atoms with E-state index < -0.39 is 6.10 Å². The lowest BCUT2D eigenvalue weighted by atomic mass is 10.00. The van der Waals surface area contributed by atoms with Crippen LogP contribution in [0.25, 0.3) is 0 Å². The molecule has 6 nitrogen and oxygen atoms in total. The van der Waals surface area contributed by atoms with Crippen LogP contribution in [-0.4, -0.2) is 37.2 Å². The molecule has 0 radical (unpaired) electrons. The molecule has 350 valence electrons. The molecule has 1 unspecified atom stereocenters. The molecule has 0 aromatic heterocycles. The van der Waals surface area contributed by atoms with Crippen LogP contribution in [0.1, 0.15) is 291 Å². The molecule has 6 heteroatoms. The van der Waals surface area contributed by atoms with Gasteiger partial charge in [0.15, 0.2) is 6.10 Å². The van der Waals surface area contributed by atoms with Gasteiger partial charge in [-0.05, 0) is 31.1 Å². The SMILES string of the molecule is CCCCCCCCCCCCCCCCCCCCC(=O)OC[C@H](COC(=O)CCCCCCCCCCCCC(C)C)OC(=O)CCCCCCCCC(C)CC. The first-order valence-corrected chi connectivity index (χ1v) is 26.3. The molecule has 0 fully saturated rings. The average molecular weight is 835 g/mol. The Kier molecular flexibility index (Phi) is 44.7. The number of rotatable bonds is 47. The quantitative estimate of drug-likeness (QED) is 0.0345. The number of ether oxygens (including phenoxy) is 3. The Balaban J connectivity index is 4.25. The fourth-order valence-electron chi connectivity index (χ4n) is 7.96. The third kappa shape index (κ3) is 45.8. The highest BCUT2D eigenvalue weighted by Crippen LogP contribution is 2.18. The molecule has 0 amide bonds. The van der Waals surface area contributed by atoms with Crippen molar-refractivity contribution in [3.63, 3.8) is 0 Å². The molecule has 0 spiro atoms. The van der Waals surface area contributed by atoms with Crippen LogP contribution >= 0.6 is 0 Å². The number of hydrogen-bond acceptors (Lipinski definition) is 6. The van der Waals surface area contributed by atoms with E-state index in [2.05, 4.69) is 34.6 Å². The second-order valence-corrected chi connectivity index (χ2v) is 18.9. The summed E-state index contributed by atoms with van der Waals surface area (Å²) in [5, 5.41) is 0. The first-order valence-electron chi connectivity index (χ1n) is 26.3. The fraction of sp³-hybridized carbons (Fsp3) is 0.943. The molecule has 0 N–H and O–H groups in total. The first kappa shape index (κ1) is 57.4. The molecule has 0 heterocycles. The van der Waals surface area contributed by atoms with Crippen molar-refractivity contribution in [2.75, 3.05) is 13.2 Å². The minimum atomic E-state index is -0.762. The number of hydrogen-bond donors (Lipinski definition) is 0. The van der Waals surface area contributed by atoms with Gasteiger partial charge in [0, 0.05) is 19.3 Å². The molecule has 0 aromatic rings. The molecule has 0 aliphatic rings. The molecule has 0 aliphatic carbocycles. The van der Waals surface area contributed by atoms with Crippen LogP contribution in [0.2, 0.25) is 0 Å². The summed E-state index contributed by atoms with van der Waals surface area (Å²) >= 11 is 0. The lowest BCUT2D eigenvalue weighted by Crippen LogP contribution is -2.30. The number of esters is 3. The molecule has 0 aliphatic heterocycles. The van der Waals surface area contributed by atoms with Gasteiger partial charge in [-0.25, -0.2) is 0 Å². The lowest BCUT2D eigenvalue weighted by Gasteiger charge is -2.18. The largest absolute Gasteiger partial charge is 0.462 e. The minimum absolute atomic E-state index is 0.0647. The Hall–Kier alpha value is -1.59. The van der Waals surface area contributed by atoms with E-state index in [1.54, 1.807) is 0 Å². The maximum Gasteiger partial charge on any atom is 0.306 e. The predicted octanol–water partition coefficient (Wildman–Crippen LogP) is 16.9. The van der Waals surface area contributed by atoms with Crippen molar-refractivity contribution < 1.29 is 28.6 Å². The van der Waals surface area contributed by atoms with Gasteiger partial charge in [-0.1, -0.05) is 253 Å². The Morgan fingerprint density at radius 2 is 0.644 bits per heavy atom. The van der Waals surface area contributed by atoms with Crippen LogP contribution in [0.3, 0.4) is 0 Å². The molecule has 0 rings (SSSR count). The van der Waals surface area contributed by atoms with Gasteiger partial charge in [-0.3, -0.25) is 14.4 Å². The van der Waals surface area contributed by atoms with Gasteiger partial charge in [-0.15, -0.1) is 0 Å². The van der Waals surface area contributed by atoms with Crippen molar-refractivity contribution in [1.29, 1.82) is 0 Å². The number of carbonyl (C=O) groups excluding carboxylic acids is 3. The summed E-state index contributed by atoms with van der Waals surface area (Å²) in [5.41, 5.74) is 0. The van der Waals surface area contributed by atoms with E-state index in [1.807, 2.05) is 0 Å². The Labute approximate surface area is 368 Å². The second-order valence-electron chi connectivity index (χ2n) is 18.9. The molecular weight excluding hydrogens is 733 g/mol. The van der Waals surface area contributed by atoms with Gasteiger partial charge in [0.25, 0.3) is 0 Å². The fourth-order valence-corrected chi connectivity index (χ4v) is 7.96. The molecule has 0 saturated heterocycles. The van der Waals surface area contributed by atoms with E-state index in [9.17, 15) is 14.4 Å². The monoisotopic (exact) mass is 835 g/mol. The van der Waals surface area contributed by atoms with Gasteiger partial charge >= 0.3 is 17.9 Å². The lowest BCUT2D eigenvalue weighted by molar-refractivity contribution is -0.167. The molecule has 0 aromatic carbocycles. The van der Waals surface area contributed by atoms with Crippen molar-refractivity contribution in [3.05, 3.63) is 0 Å². The minimum Gasteiger partial charge on any atom is -0.462 e. The third-order valence-corrected chi connectivity index (χ3v) is 12.3. The summed E-state index contributed by atoms with van der Waals surface area (Å²) in [6.45, 7) is 11.3. The standard InChI is InChI=1S/C53H102O6/c1-6-8-9-10-11-12-13-14-15-16-17-18-19-20-24-27-33-38-43-51(54)57-46-50(59-53(56)45-40-35-30-29-32-37-42-49(5)7-2)47-58-52(55)44-39-34-28-25-22-21-23-26-31-36-41-48(3)4/h48-50H,6-47H2,1-5H3/t49?,50-/m1/s1. The van der Waals surface area contributed by atoms with E-state index in [1.165, 1.54) is 180 Å². The molecule has 2 atom stereocenters. The van der Waals surface area contributed by atoms with Crippen LogP contribution in [-0.2, 0) is 28.6 Å². The van der Waals surface area contributed by atoms with Crippen LogP contribution in [0.4, 0.5) is 0 Å². The second kappa shape index (κ2) is 45.9. The summed E-state index contributed by atoms with van der Waals surface area (Å²) in [6.07, 6.45) is 46.7.